The van der Waals surface area contributed by atoms with Gasteiger partial charge in [-0.15, -0.1) is 0 Å². The maximum atomic E-state index is 9.38. The Labute approximate surface area is 89.4 Å². The lowest BCUT2D eigenvalue weighted by atomic mass is 10.2. The molecule has 1 heterocycles. The van der Waals surface area contributed by atoms with Crippen molar-refractivity contribution in [3.63, 3.8) is 0 Å². The number of piperazine rings is 1. The van der Waals surface area contributed by atoms with Gasteiger partial charge in [0.25, 0.3) is 0 Å². The highest BCUT2D eigenvalue weighted by atomic mass is 16.3. The van der Waals surface area contributed by atoms with Gasteiger partial charge in [0, 0.05) is 50.1 Å². The molecular formula is C11H16N2O2. The van der Waals surface area contributed by atoms with Gasteiger partial charge >= 0.3 is 0 Å². The summed E-state index contributed by atoms with van der Waals surface area (Å²) >= 11 is 0. The SMILES string of the molecule is CN1CCN(c2cc(O)cc(O)c2)CC1. The molecule has 0 unspecified atom stereocenters. The van der Waals surface area contributed by atoms with Crippen molar-refractivity contribution < 1.29 is 10.2 Å². The second kappa shape index (κ2) is 3.98. The smallest absolute Gasteiger partial charge is 0.121 e. The van der Waals surface area contributed by atoms with E-state index < -0.39 is 0 Å². The summed E-state index contributed by atoms with van der Waals surface area (Å²) in [5, 5.41) is 18.8. The van der Waals surface area contributed by atoms with Gasteiger partial charge in [-0.05, 0) is 7.05 Å². The third kappa shape index (κ3) is 2.33. The van der Waals surface area contributed by atoms with Crippen molar-refractivity contribution in [1.29, 1.82) is 0 Å². The van der Waals surface area contributed by atoms with E-state index in [1.165, 1.54) is 6.07 Å². The van der Waals surface area contributed by atoms with E-state index in [4.69, 9.17) is 0 Å². The number of phenolic OH excluding ortho intramolecular Hbond substituents is 2. The Morgan fingerprint density at radius 3 is 2.00 bits per heavy atom. The number of hydrogen-bond donors (Lipinski definition) is 2. The van der Waals surface area contributed by atoms with Crippen molar-refractivity contribution in [2.24, 2.45) is 0 Å². The summed E-state index contributed by atoms with van der Waals surface area (Å²) in [6, 6.07) is 4.72. The fraction of sp³-hybridized carbons (Fsp3) is 0.455. The fourth-order valence-electron chi connectivity index (χ4n) is 1.83. The zero-order valence-corrected chi connectivity index (χ0v) is 8.85. The lowest BCUT2D eigenvalue weighted by Gasteiger charge is -2.34. The summed E-state index contributed by atoms with van der Waals surface area (Å²) in [5.74, 6) is 0.229. The number of nitrogens with zero attached hydrogens (tertiary/aromatic N) is 2. The molecule has 0 spiro atoms. The van der Waals surface area contributed by atoms with Crippen LogP contribution in [0.1, 0.15) is 0 Å². The summed E-state index contributed by atoms with van der Waals surface area (Å²) < 4.78 is 0. The van der Waals surface area contributed by atoms with E-state index in [1.54, 1.807) is 12.1 Å². The maximum Gasteiger partial charge on any atom is 0.121 e. The van der Waals surface area contributed by atoms with Gasteiger partial charge in [-0.25, -0.2) is 0 Å². The summed E-state index contributed by atoms with van der Waals surface area (Å²) in [6.07, 6.45) is 0. The minimum Gasteiger partial charge on any atom is -0.508 e. The van der Waals surface area contributed by atoms with E-state index in [0.29, 0.717) is 0 Å². The Bertz CT molecular complexity index is 326. The number of benzene rings is 1. The van der Waals surface area contributed by atoms with Crippen LogP contribution < -0.4 is 4.90 Å². The molecule has 4 nitrogen and oxygen atoms in total. The monoisotopic (exact) mass is 208 g/mol. The van der Waals surface area contributed by atoms with Crippen molar-refractivity contribution in [2.75, 3.05) is 38.1 Å². The third-order valence-corrected chi connectivity index (χ3v) is 2.76. The van der Waals surface area contributed by atoms with Crippen LogP contribution in [0.3, 0.4) is 0 Å². The van der Waals surface area contributed by atoms with Gasteiger partial charge < -0.3 is 20.0 Å². The number of phenols is 2. The summed E-state index contributed by atoms with van der Waals surface area (Å²) in [5.41, 5.74) is 0.889. The van der Waals surface area contributed by atoms with E-state index in [0.717, 1.165) is 31.9 Å². The summed E-state index contributed by atoms with van der Waals surface area (Å²) in [7, 11) is 2.09. The summed E-state index contributed by atoms with van der Waals surface area (Å²) in [6.45, 7) is 3.88. The standard InChI is InChI=1S/C11H16N2O2/c1-12-2-4-13(5-3-12)9-6-10(14)8-11(15)7-9/h6-8,14-15H,2-5H2,1H3. The normalized spacial score (nSPS) is 18.1. The lowest BCUT2D eigenvalue weighted by Crippen LogP contribution is -2.44. The number of hydrogen-bond acceptors (Lipinski definition) is 4. The van der Waals surface area contributed by atoms with E-state index in [1.807, 2.05) is 0 Å². The Balaban J connectivity index is 2.15. The van der Waals surface area contributed by atoms with Gasteiger partial charge in [0.05, 0.1) is 0 Å². The largest absolute Gasteiger partial charge is 0.508 e. The van der Waals surface area contributed by atoms with Crippen molar-refractivity contribution in [3.8, 4) is 11.5 Å². The zero-order chi connectivity index (χ0) is 10.8. The van der Waals surface area contributed by atoms with Gasteiger partial charge in [-0.1, -0.05) is 0 Å². The van der Waals surface area contributed by atoms with Crippen molar-refractivity contribution >= 4 is 5.69 Å². The van der Waals surface area contributed by atoms with Crippen LogP contribution in [0.25, 0.3) is 0 Å². The molecule has 4 heteroatoms. The molecule has 0 radical (unpaired) electrons. The Morgan fingerprint density at radius 2 is 1.47 bits per heavy atom. The highest BCUT2D eigenvalue weighted by Crippen LogP contribution is 2.27. The van der Waals surface area contributed by atoms with Gasteiger partial charge in [-0.2, -0.15) is 0 Å². The van der Waals surface area contributed by atoms with Crippen LogP contribution in [0.4, 0.5) is 5.69 Å². The molecule has 0 amide bonds. The molecule has 15 heavy (non-hydrogen) atoms. The number of likely N-dealkylation sites (N-methyl/N-ethyl adjacent to an activating group) is 1. The quantitative estimate of drug-likeness (QED) is 0.718. The predicted molar refractivity (Wildman–Crippen MR) is 59.5 cm³/mol. The molecule has 0 aromatic heterocycles. The maximum absolute atomic E-state index is 9.38. The summed E-state index contributed by atoms with van der Waals surface area (Å²) in [4.78, 5) is 4.43. The first-order chi connectivity index (χ1) is 7.15. The Kier molecular flexibility index (Phi) is 2.68. The van der Waals surface area contributed by atoms with Crippen molar-refractivity contribution in [3.05, 3.63) is 18.2 Å². The lowest BCUT2D eigenvalue weighted by molar-refractivity contribution is 0.312. The highest BCUT2D eigenvalue weighted by Gasteiger charge is 2.15. The van der Waals surface area contributed by atoms with E-state index in [9.17, 15) is 10.2 Å². The molecule has 1 saturated heterocycles. The molecular weight excluding hydrogens is 192 g/mol. The van der Waals surface area contributed by atoms with E-state index >= 15 is 0 Å². The molecule has 82 valence electrons. The van der Waals surface area contributed by atoms with Crippen LogP contribution in [0.5, 0.6) is 11.5 Å². The van der Waals surface area contributed by atoms with E-state index in [2.05, 4.69) is 16.8 Å². The van der Waals surface area contributed by atoms with Crippen LogP contribution in [0, 0.1) is 0 Å². The number of rotatable bonds is 1. The highest BCUT2D eigenvalue weighted by molar-refractivity contribution is 5.55. The fourth-order valence-corrected chi connectivity index (χ4v) is 1.83. The zero-order valence-electron chi connectivity index (χ0n) is 8.85. The molecule has 1 aliphatic rings. The average molecular weight is 208 g/mol. The molecule has 1 fully saturated rings. The topological polar surface area (TPSA) is 46.9 Å². The molecule has 0 bridgehead atoms. The van der Waals surface area contributed by atoms with Crippen LogP contribution in [-0.4, -0.2) is 48.3 Å². The second-order valence-corrected chi connectivity index (χ2v) is 4.00. The number of anilines is 1. The van der Waals surface area contributed by atoms with Crippen LogP contribution in [-0.2, 0) is 0 Å². The van der Waals surface area contributed by atoms with Crippen LogP contribution >= 0.6 is 0 Å². The molecule has 1 aromatic carbocycles. The molecule has 0 aliphatic carbocycles. The average Bonchev–Trinajstić information content (AvgIpc) is 2.17. The molecule has 1 aliphatic heterocycles. The van der Waals surface area contributed by atoms with Crippen molar-refractivity contribution in [1.82, 2.24) is 4.90 Å². The van der Waals surface area contributed by atoms with Gasteiger partial charge in [-0.3, -0.25) is 0 Å². The van der Waals surface area contributed by atoms with Crippen molar-refractivity contribution in [2.45, 2.75) is 0 Å². The molecule has 0 atom stereocenters. The molecule has 1 aromatic rings. The van der Waals surface area contributed by atoms with Crippen LogP contribution in [0.2, 0.25) is 0 Å². The molecule has 2 rings (SSSR count). The predicted octanol–water partition coefficient (Wildman–Crippen LogP) is 0.850. The number of aromatic hydroxyl groups is 2. The first-order valence-corrected chi connectivity index (χ1v) is 5.11. The Morgan fingerprint density at radius 1 is 0.933 bits per heavy atom. The van der Waals surface area contributed by atoms with E-state index in [-0.39, 0.29) is 11.5 Å². The molecule has 0 saturated carbocycles. The second-order valence-electron chi connectivity index (χ2n) is 4.00. The van der Waals surface area contributed by atoms with Gasteiger partial charge in [0.1, 0.15) is 11.5 Å². The first-order valence-electron chi connectivity index (χ1n) is 5.11. The Hall–Kier alpha value is -1.42. The minimum absolute atomic E-state index is 0.115. The minimum atomic E-state index is 0.115. The van der Waals surface area contributed by atoms with Crippen LogP contribution in [0.15, 0.2) is 18.2 Å². The van der Waals surface area contributed by atoms with Gasteiger partial charge in [0.2, 0.25) is 0 Å². The first kappa shape index (κ1) is 10.1. The molecule has 2 N–H and O–H groups in total. The van der Waals surface area contributed by atoms with Gasteiger partial charge in [0.15, 0.2) is 0 Å². The third-order valence-electron chi connectivity index (χ3n) is 2.76.